The number of carbonyl (C=O) groups excluding carboxylic acids is 3. The molecule has 1 aromatic carbocycles. The Morgan fingerprint density at radius 1 is 1.21 bits per heavy atom. The maximum Gasteiger partial charge on any atom is 0.272 e. The fraction of sp³-hybridized carbons (Fsp3) is 0.429. The van der Waals surface area contributed by atoms with Crippen molar-refractivity contribution in [2.24, 2.45) is 0 Å². The van der Waals surface area contributed by atoms with E-state index in [9.17, 15) is 14.4 Å². The van der Waals surface area contributed by atoms with E-state index in [0.29, 0.717) is 25.3 Å². The zero-order valence-corrected chi connectivity index (χ0v) is 16.4. The van der Waals surface area contributed by atoms with Crippen LogP contribution in [0, 0.1) is 0 Å². The minimum Gasteiger partial charge on any atom is -0.352 e. The molecule has 1 fully saturated rings. The summed E-state index contributed by atoms with van der Waals surface area (Å²) in [6.07, 6.45) is 2.73. The van der Waals surface area contributed by atoms with Crippen molar-refractivity contribution in [1.29, 1.82) is 0 Å². The number of aryl methyl sites for hydroxylation is 1. The molecule has 2 N–H and O–H groups in total. The second-order valence-electron chi connectivity index (χ2n) is 7.68. The summed E-state index contributed by atoms with van der Waals surface area (Å²) in [6, 6.07) is 10.9. The quantitative estimate of drug-likeness (QED) is 0.771. The van der Waals surface area contributed by atoms with Crippen molar-refractivity contribution in [2.75, 3.05) is 6.54 Å². The predicted molar refractivity (Wildman–Crippen MR) is 106 cm³/mol. The van der Waals surface area contributed by atoms with Gasteiger partial charge in [0.1, 0.15) is 11.7 Å². The van der Waals surface area contributed by atoms with Crippen LogP contribution in [0.3, 0.4) is 0 Å². The fourth-order valence-corrected chi connectivity index (χ4v) is 3.39. The van der Waals surface area contributed by atoms with Crippen molar-refractivity contribution in [1.82, 2.24) is 25.3 Å². The summed E-state index contributed by atoms with van der Waals surface area (Å²) in [5.74, 6) is -0.796. The van der Waals surface area contributed by atoms with Crippen LogP contribution < -0.4 is 10.6 Å². The van der Waals surface area contributed by atoms with Crippen molar-refractivity contribution in [3.8, 4) is 0 Å². The third kappa shape index (κ3) is 4.47. The van der Waals surface area contributed by atoms with E-state index < -0.39 is 11.9 Å². The van der Waals surface area contributed by atoms with Crippen LogP contribution in [0.1, 0.15) is 52.7 Å². The van der Waals surface area contributed by atoms with Gasteiger partial charge in [-0.05, 0) is 31.7 Å². The lowest BCUT2D eigenvalue weighted by Gasteiger charge is -2.20. The lowest BCUT2D eigenvalue weighted by Crippen LogP contribution is -2.45. The first-order chi connectivity index (χ1) is 14.0. The number of aromatic nitrogens is 2. The summed E-state index contributed by atoms with van der Waals surface area (Å²) >= 11 is 0. The van der Waals surface area contributed by atoms with Gasteiger partial charge in [-0.1, -0.05) is 30.3 Å². The van der Waals surface area contributed by atoms with Gasteiger partial charge in [0.05, 0.1) is 0 Å². The molecular weight excluding hydrogens is 370 g/mol. The van der Waals surface area contributed by atoms with Crippen molar-refractivity contribution in [2.45, 2.75) is 51.4 Å². The first kappa shape index (κ1) is 19.2. The molecule has 1 aliphatic carbocycles. The van der Waals surface area contributed by atoms with Crippen LogP contribution in [-0.2, 0) is 17.9 Å². The van der Waals surface area contributed by atoms with E-state index in [4.69, 9.17) is 0 Å². The van der Waals surface area contributed by atoms with Crippen molar-refractivity contribution in [3.63, 3.8) is 0 Å². The van der Waals surface area contributed by atoms with Crippen molar-refractivity contribution >= 4 is 17.7 Å². The Kier molecular flexibility index (Phi) is 5.33. The maximum absolute atomic E-state index is 13.0. The van der Waals surface area contributed by atoms with Gasteiger partial charge in [0.25, 0.3) is 11.8 Å². The average Bonchev–Trinajstić information content (AvgIpc) is 3.45. The molecule has 2 aromatic rings. The summed E-state index contributed by atoms with van der Waals surface area (Å²) < 4.78 is 1.59. The molecule has 1 atom stereocenters. The molecule has 1 aliphatic heterocycles. The normalized spacial score (nSPS) is 17.3. The smallest absolute Gasteiger partial charge is 0.272 e. The van der Waals surface area contributed by atoms with Gasteiger partial charge in [0, 0.05) is 31.7 Å². The molecule has 152 valence electrons. The molecule has 0 radical (unpaired) electrons. The maximum atomic E-state index is 13.0. The molecule has 4 rings (SSSR count). The van der Waals surface area contributed by atoms with E-state index in [0.717, 1.165) is 24.8 Å². The van der Waals surface area contributed by atoms with Crippen LogP contribution in [0.4, 0.5) is 0 Å². The Morgan fingerprint density at radius 2 is 1.97 bits per heavy atom. The SMILES string of the molecule is C[C@H](NC(=O)c1cc2n(n1)CCCN(Cc1ccccc1)C2=O)C(=O)NC1CC1. The Hall–Kier alpha value is -3.16. The predicted octanol–water partition coefficient (Wildman–Crippen LogP) is 1.33. The summed E-state index contributed by atoms with van der Waals surface area (Å²) in [5.41, 5.74) is 1.61. The summed E-state index contributed by atoms with van der Waals surface area (Å²) in [7, 11) is 0. The number of benzene rings is 1. The second-order valence-corrected chi connectivity index (χ2v) is 7.68. The Labute approximate surface area is 169 Å². The highest BCUT2D eigenvalue weighted by Crippen LogP contribution is 2.19. The van der Waals surface area contributed by atoms with Gasteiger partial charge in [-0.2, -0.15) is 5.10 Å². The number of nitrogens with zero attached hydrogens (tertiary/aromatic N) is 3. The molecular formula is C21H25N5O3. The van der Waals surface area contributed by atoms with Crippen LogP contribution in [0.5, 0.6) is 0 Å². The first-order valence-corrected chi connectivity index (χ1v) is 10.0. The topological polar surface area (TPSA) is 96.3 Å². The van der Waals surface area contributed by atoms with Crippen LogP contribution in [0.2, 0.25) is 0 Å². The Bertz CT molecular complexity index is 920. The van der Waals surface area contributed by atoms with E-state index in [1.54, 1.807) is 16.5 Å². The lowest BCUT2D eigenvalue weighted by atomic mass is 10.2. The van der Waals surface area contributed by atoms with E-state index in [-0.39, 0.29) is 23.6 Å². The largest absolute Gasteiger partial charge is 0.352 e. The van der Waals surface area contributed by atoms with E-state index in [1.807, 2.05) is 30.3 Å². The van der Waals surface area contributed by atoms with Crippen molar-refractivity contribution < 1.29 is 14.4 Å². The second kappa shape index (κ2) is 8.06. The number of nitrogens with one attached hydrogen (secondary N) is 2. The minimum absolute atomic E-state index is 0.141. The third-order valence-corrected chi connectivity index (χ3v) is 5.20. The highest BCUT2D eigenvalue weighted by molar-refractivity contribution is 5.99. The number of hydrogen-bond donors (Lipinski definition) is 2. The molecule has 8 heteroatoms. The van der Waals surface area contributed by atoms with Gasteiger partial charge in [0.15, 0.2) is 5.69 Å². The number of fused-ring (bicyclic) bond motifs is 1. The Balaban J connectivity index is 1.44. The molecule has 8 nitrogen and oxygen atoms in total. The summed E-state index contributed by atoms with van der Waals surface area (Å²) in [5, 5.41) is 9.85. The molecule has 0 bridgehead atoms. The van der Waals surface area contributed by atoms with Crippen LogP contribution in [0.25, 0.3) is 0 Å². The standard InChI is InChI=1S/C21H25N5O3/c1-14(19(27)23-16-8-9-16)22-20(28)17-12-18-21(29)25(10-5-11-26(18)24-17)13-15-6-3-2-4-7-15/h2-4,6-7,12,14,16H,5,8-11,13H2,1H3,(H,22,28)(H,23,27)/t14-/m0/s1. The number of hydrogen-bond acceptors (Lipinski definition) is 4. The molecule has 1 aromatic heterocycles. The molecule has 2 heterocycles. The average molecular weight is 395 g/mol. The minimum atomic E-state index is -0.658. The van der Waals surface area contributed by atoms with E-state index in [2.05, 4.69) is 15.7 Å². The zero-order valence-electron chi connectivity index (χ0n) is 16.4. The molecule has 29 heavy (non-hydrogen) atoms. The monoisotopic (exact) mass is 395 g/mol. The van der Waals surface area contributed by atoms with Crippen LogP contribution in [0.15, 0.2) is 36.4 Å². The summed E-state index contributed by atoms with van der Waals surface area (Å²) in [4.78, 5) is 39.4. The third-order valence-electron chi connectivity index (χ3n) is 5.20. The highest BCUT2D eigenvalue weighted by atomic mass is 16.2. The first-order valence-electron chi connectivity index (χ1n) is 10.0. The molecule has 3 amide bonds. The molecule has 0 spiro atoms. The van der Waals surface area contributed by atoms with Gasteiger partial charge >= 0.3 is 0 Å². The van der Waals surface area contributed by atoms with Gasteiger partial charge in [-0.25, -0.2) is 0 Å². The van der Waals surface area contributed by atoms with Gasteiger partial charge in [0.2, 0.25) is 5.91 Å². The summed E-state index contributed by atoms with van der Waals surface area (Å²) in [6.45, 7) is 3.36. The van der Waals surface area contributed by atoms with E-state index in [1.165, 1.54) is 6.07 Å². The fourth-order valence-electron chi connectivity index (χ4n) is 3.39. The Morgan fingerprint density at radius 3 is 2.69 bits per heavy atom. The number of carbonyl (C=O) groups is 3. The van der Waals surface area contributed by atoms with Gasteiger partial charge < -0.3 is 15.5 Å². The van der Waals surface area contributed by atoms with Crippen LogP contribution >= 0.6 is 0 Å². The molecule has 0 unspecified atom stereocenters. The molecule has 1 saturated carbocycles. The van der Waals surface area contributed by atoms with Crippen LogP contribution in [-0.4, -0.2) is 51.0 Å². The zero-order chi connectivity index (χ0) is 20.4. The van der Waals surface area contributed by atoms with Gasteiger partial charge in [-0.3, -0.25) is 19.1 Å². The molecule has 0 saturated heterocycles. The van der Waals surface area contributed by atoms with Crippen molar-refractivity contribution in [3.05, 3.63) is 53.3 Å². The lowest BCUT2D eigenvalue weighted by molar-refractivity contribution is -0.122. The molecule has 2 aliphatic rings. The highest BCUT2D eigenvalue weighted by Gasteiger charge is 2.29. The van der Waals surface area contributed by atoms with Gasteiger partial charge in [-0.15, -0.1) is 0 Å². The van der Waals surface area contributed by atoms with E-state index >= 15 is 0 Å². The number of amides is 3. The number of rotatable bonds is 6.